The Morgan fingerprint density at radius 2 is 2.05 bits per heavy atom. The summed E-state index contributed by atoms with van der Waals surface area (Å²) in [6.45, 7) is 1.38. The lowest BCUT2D eigenvalue weighted by Crippen LogP contribution is -2.37. The van der Waals surface area contributed by atoms with Crippen LogP contribution in [-0.2, 0) is 4.79 Å². The molecule has 0 bridgehead atoms. The number of carboxylic acid groups (broad SMARTS) is 1. The van der Waals surface area contributed by atoms with Gasteiger partial charge in [-0.1, -0.05) is 0 Å². The van der Waals surface area contributed by atoms with E-state index in [0.29, 0.717) is 11.3 Å². The molecule has 0 saturated heterocycles. The van der Waals surface area contributed by atoms with Crippen LogP contribution >= 0.6 is 0 Å². The first-order valence-electron chi connectivity index (χ1n) is 6.41. The number of amides is 1. The number of rotatable bonds is 6. The smallest absolute Gasteiger partial charge is 0.307 e. The molecule has 22 heavy (non-hydrogen) atoms. The first-order valence-corrected chi connectivity index (χ1v) is 6.41. The maximum absolute atomic E-state index is 11.5. The number of ether oxygens (including phenoxy) is 1. The number of hydrogen-bond donors (Lipinski definition) is 1. The van der Waals surface area contributed by atoms with E-state index < -0.39 is 18.0 Å². The third kappa shape index (κ3) is 4.20. The number of carbonyl (C=O) groups excluding carboxylic acids is 2. The standard InChI is InChI=1S/C15H14N2O5/c1-10(15(19)20)22-12-6-4-11(5-7-12)9-16-17-14(18)13-3-2-8-21-13/h2-10H,1H3,(H,17,18)(H,19,20)/p-1/b16-9-/t10-/m0/s1. The minimum atomic E-state index is -1.29. The van der Waals surface area contributed by atoms with Gasteiger partial charge in [-0.15, -0.1) is 0 Å². The van der Waals surface area contributed by atoms with Crippen LogP contribution in [0.1, 0.15) is 23.0 Å². The van der Waals surface area contributed by atoms with E-state index in [9.17, 15) is 14.7 Å². The van der Waals surface area contributed by atoms with Crippen molar-refractivity contribution in [1.82, 2.24) is 5.43 Å². The van der Waals surface area contributed by atoms with E-state index in [0.717, 1.165) is 0 Å². The summed E-state index contributed by atoms with van der Waals surface area (Å²) in [4.78, 5) is 22.1. The zero-order valence-electron chi connectivity index (χ0n) is 11.7. The zero-order valence-corrected chi connectivity index (χ0v) is 11.7. The molecule has 2 rings (SSSR count). The van der Waals surface area contributed by atoms with Gasteiger partial charge >= 0.3 is 5.91 Å². The molecular weight excluding hydrogens is 288 g/mol. The van der Waals surface area contributed by atoms with Gasteiger partial charge in [-0.05, 0) is 48.9 Å². The molecule has 1 aromatic heterocycles. The highest BCUT2D eigenvalue weighted by atomic mass is 16.5. The highest BCUT2D eigenvalue weighted by molar-refractivity contribution is 5.92. The minimum Gasteiger partial charge on any atom is -0.546 e. The average molecular weight is 301 g/mol. The Balaban J connectivity index is 1.89. The van der Waals surface area contributed by atoms with Gasteiger partial charge in [0, 0.05) is 0 Å². The summed E-state index contributed by atoms with van der Waals surface area (Å²) in [5.74, 6) is -1.18. The lowest BCUT2D eigenvalue weighted by atomic mass is 10.2. The molecule has 0 spiro atoms. The van der Waals surface area contributed by atoms with E-state index in [4.69, 9.17) is 9.15 Å². The van der Waals surface area contributed by atoms with Crippen molar-refractivity contribution in [1.29, 1.82) is 0 Å². The Bertz CT molecular complexity index is 662. The zero-order chi connectivity index (χ0) is 15.9. The molecule has 7 heteroatoms. The van der Waals surface area contributed by atoms with Gasteiger partial charge in [-0.25, -0.2) is 5.43 Å². The van der Waals surface area contributed by atoms with Crippen LogP contribution in [-0.4, -0.2) is 24.2 Å². The summed E-state index contributed by atoms with van der Waals surface area (Å²) in [6.07, 6.45) is 1.80. The molecule has 0 fully saturated rings. The minimum absolute atomic E-state index is 0.164. The molecule has 1 heterocycles. The second-order valence-electron chi connectivity index (χ2n) is 4.32. The second kappa shape index (κ2) is 7.07. The molecular formula is C15H13N2O5-. The van der Waals surface area contributed by atoms with Crippen LogP contribution in [0.2, 0.25) is 0 Å². The summed E-state index contributed by atoms with van der Waals surface area (Å²) in [7, 11) is 0. The van der Waals surface area contributed by atoms with Crippen molar-refractivity contribution in [2.45, 2.75) is 13.0 Å². The molecule has 1 aromatic carbocycles. The number of nitrogens with zero attached hydrogens (tertiary/aromatic N) is 1. The molecule has 0 radical (unpaired) electrons. The highest BCUT2D eigenvalue weighted by Gasteiger charge is 2.06. The molecule has 1 atom stereocenters. The largest absolute Gasteiger partial charge is 0.546 e. The first-order chi connectivity index (χ1) is 10.6. The number of carbonyl (C=O) groups is 2. The van der Waals surface area contributed by atoms with Crippen molar-refractivity contribution in [2.24, 2.45) is 5.10 Å². The van der Waals surface area contributed by atoms with Gasteiger partial charge in [0.2, 0.25) is 0 Å². The number of aliphatic carboxylic acids is 1. The van der Waals surface area contributed by atoms with Crippen LogP contribution in [0, 0.1) is 0 Å². The monoisotopic (exact) mass is 301 g/mol. The Hall–Kier alpha value is -3.09. The molecule has 0 aliphatic heterocycles. The number of hydrogen-bond acceptors (Lipinski definition) is 6. The van der Waals surface area contributed by atoms with Crippen LogP contribution in [0.3, 0.4) is 0 Å². The van der Waals surface area contributed by atoms with Gasteiger partial charge < -0.3 is 19.1 Å². The Labute approximate surface area is 126 Å². The third-order valence-electron chi connectivity index (χ3n) is 2.65. The van der Waals surface area contributed by atoms with Crippen molar-refractivity contribution in [3.05, 3.63) is 54.0 Å². The fourth-order valence-corrected chi connectivity index (χ4v) is 1.51. The number of benzene rings is 1. The average Bonchev–Trinajstić information content (AvgIpc) is 3.03. The summed E-state index contributed by atoms with van der Waals surface area (Å²) in [6, 6.07) is 9.64. The van der Waals surface area contributed by atoms with Crippen molar-refractivity contribution in [3.8, 4) is 5.75 Å². The molecule has 114 valence electrons. The molecule has 0 saturated carbocycles. The van der Waals surface area contributed by atoms with E-state index in [-0.39, 0.29) is 5.76 Å². The van der Waals surface area contributed by atoms with E-state index in [2.05, 4.69) is 10.5 Å². The Morgan fingerprint density at radius 1 is 1.32 bits per heavy atom. The number of carboxylic acids is 1. The second-order valence-corrected chi connectivity index (χ2v) is 4.32. The van der Waals surface area contributed by atoms with Crippen molar-refractivity contribution < 1.29 is 23.8 Å². The Kier molecular flexibility index (Phi) is 4.92. The molecule has 1 amide bonds. The van der Waals surface area contributed by atoms with Crippen LogP contribution < -0.4 is 15.3 Å². The summed E-state index contributed by atoms with van der Waals surface area (Å²) < 4.78 is 10.0. The Morgan fingerprint density at radius 3 is 2.64 bits per heavy atom. The SMILES string of the molecule is C[C@H](Oc1ccc(/C=N\NC(=O)c2ccco2)cc1)C(=O)[O-]. The molecule has 2 aromatic rings. The van der Waals surface area contributed by atoms with E-state index in [1.807, 2.05) is 0 Å². The predicted octanol–water partition coefficient (Wildman–Crippen LogP) is 0.561. The summed E-state index contributed by atoms with van der Waals surface area (Å²) in [5, 5.41) is 14.4. The van der Waals surface area contributed by atoms with Crippen molar-refractivity contribution in [3.63, 3.8) is 0 Å². The fraction of sp³-hybridized carbons (Fsp3) is 0.133. The van der Waals surface area contributed by atoms with Gasteiger partial charge in [-0.3, -0.25) is 4.79 Å². The quantitative estimate of drug-likeness (QED) is 0.620. The lowest BCUT2D eigenvalue weighted by Gasteiger charge is -2.15. The molecule has 0 aliphatic rings. The predicted molar refractivity (Wildman–Crippen MR) is 75.3 cm³/mol. The normalized spacial score (nSPS) is 12.0. The first kappa shape index (κ1) is 15.3. The van der Waals surface area contributed by atoms with Gasteiger partial charge in [0.1, 0.15) is 11.9 Å². The molecule has 1 N–H and O–H groups in total. The van der Waals surface area contributed by atoms with Gasteiger partial charge in [-0.2, -0.15) is 5.10 Å². The van der Waals surface area contributed by atoms with Crippen LogP contribution in [0.5, 0.6) is 5.75 Å². The highest BCUT2D eigenvalue weighted by Crippen LogP contribution is 2.12. The van der Waals surface area contributed by atoms with Crippen LogP contribution in [0.4, 0.5) is 0 Å². The van der Waals surface area contributed by atoms with Gasteiger partial charge in [0.15, 0.2) is 5.76 Å². The molecule has 0 unspecified atom stereocenters. The van der Waals surface area contributed by atoms with Crippen molar-refractivity contribution >= 4 is 18.1 Å². The van der Waals surface area contributed by atoms with E-state index in [1.54, 1.807) is 30.3 Å². The molecule has 7 nitrogen and oxygen atoms in total. The molecule has 0 aliphatic carbocycles. The van der Waals surface area contributed by atoms with Crippen molar-refractivity contribution in [2.75, 3.05) is 0 Å². The number of furan rings is 1. The van der Waals surface area contributed by atoms with Gasteiger partial charge in [0.05, 0.1) is 18.4 Å². The van der Waals surface area contributed by atoms with Crippen LogP contribution in [0.15, 0.2) is 52.2 Å². The maximum atomic E-state index is 11.5. The van der Waals surface area contributed by atoms with Crippen LogP contribution in [0.25, 0.3) is 0 Å². The summed E-state index contributed by atoms with van der Waals surface area (Å²) >= 11 is 0. The number of nitrogens with one attached hydrogen (secondary N) is 1. The third-order valence-corrected chi connectivity index (χ3v) is 2.65. The maximum Gasteiger partial charge on any atom is 0.307 e. The number of hydrazone groups is 1. The van der Waals surface area contributed by atoms with E-state index in [1.165, 1.54) is 25.5 Å². The van der Waals surface area contributed by atoms with Gasteiger partial charge in [0.25, 0.3) is 0 Å². The van der Waals surface area contributed by atoms with E-state index >= 15 is 0 Å². The fourth-order valence-electron chi connectivity index (χ4n) is 1.51. The topological polar surface area (TPSA) is 104 Å². The lowest BCUT2D eigenvalue weighted by molar-refractivity contribution is -0.312. The summed E-state index contributed by atoms with van der Waals surface area (Å²) in [5.41, 5.74) is 3.02.